The van der Waals surface area contributed by atoms with Gasteiger partial charge >= 0.3 is 0 Å². The summed E-state index contributed by atoms with van der Waals surface area (Å²) < 4.78 is 14.1. The van der Waals surface area contributed by atoms with Crippen LogP contribution in [-0.2, 0) is 11.2 Å². The summed E-state index contributed by atoms with van der Waals surface area (Å²) in [4.78, 5) is 43.7. The number of nitro groups is 1. The lowest BCUT2D eigenvalue weighted by molar-refractivity contribution is -0.384. The normalized spacial score (nSPS) is 19.7. The summed E-state index contributed by atoms with van der Waals surface area (Å²) in [5, 5.41) is 13.0. The van der Waals surface area contributed by atoms with E-state index < -0.39 is 4.92 Å². The van der Waals surface area contributed by atoms with E-state index in [0.29, 0.717) is 38.2 Å². The first-order valence-corrected chi connectivity index (χ1v) is 13.6. The Morgan fingerprint density at radius 1 is 1.11 bits per heavy atom. The Morgan fingerprint density at radius 2 is 1.89 bits per heavy atom. The average Bonchev–Trinajstić information content (AvgIpc) is 3.40. The zero-order valence-electron chi connectivity index (χ0n) is 21.1. The highest BCUT2D eigenvalue weighted by Crippen LogP contribution is 2.38. The number of nitro benzene ring substituents is 1. The Morgan fingerprint density at radius 3 is 2.61 bits per heavy atom. The fourth-order valence-electron chi connectivity index (χ4n) is 5.45. The number of carbonyl (C=O) groups excluding carboxylic acids is 2. The molecule has 2 aliphatic rings. The van der Waals surface area contributed by atoms with Crippen molar-refractivity contribution in [2.75, 3.05) is 32.7 Å². The van der Waals surface area contributed by atoms with Crippen LogP contribution in [-0.4, -0.2) is 70.2 Å². The lowest BCUT2D eigenvalue weighted by Crippen LogP contribution is -2.55. The number of carbonyl (C=O) groups is 2. The molecule has 2 atom stereocenters. The fourth-order valence-corrected chi connectivity index (χ4v) is 6.35. The minimum atomic E-state index is -0.495. The maximum absolute atomic E-state index is 14.1. The van der Waals surface area contributed by atoms with Crippen molar-refractivity contribution in [3.8, 4) is 0 Å². The van der Waals surface area contributed by atoms with Crippen LogP contribution in [0.5, 0.6) is 0 Å². The molecule has 10 heteroatoms. The van der Waals surface area contributed by atoms with Gasteiger partial charge in [0.1, 0.15) is 5.82 Å². The average molecular weight is 537 g/mol. The molecule has 38 heavy (non-hydrogen) atoms. The number of nitrogens with zero attached hydrogens (tertiary/aromatic N) is 4. The molecule has 0 radical (unpaired) electrons. The van der Waals surface area contributed by atoms with Gasteiger partial charge in [-0.2, -0.15) is 0 Å². The molecule has 3 aromatic rings. The van der Waals surface area contributed by atoms with Crippen molar-refractivity contribution in [2.45, 2.75) is 31.8 Å². The molecule has 0 saturated carbocycles. The second-order valence-electron chi connectivity index (χ2n) is 9.78. The van der Waals surface area contributed by atoms with Crippen molar-refractivity contribution in [3.63, 3.8) is 0 Å². The second-order valence-corrected chi connectivity index (χ2v) is 10.8. The van der Waals surface area contributed by atoms with Gasteiger partial charge in [-0.15, -0.1) is 11.3 Å². The number of hydrogen-bond donors (Lipinski definition) is 0. The third-order valence-electron chi connectivity index (χ3n) is 7.41. The first-order valence-electron chi connectivity index (χ1n) is 12.7. The number of amides is 2. The molecular formula is C28H29FN4O4S. The zero-order chi connectivity index (χ0) is 26.8. The summed E-state index contributed by atoms with van der Waals surface area (Å²) in [6.45, 7) is 4.53. The lowest BCUT2D eigenvalue weighted by Gasteiger charge is -2.41. The minimum absolute atomic E-state index is 0.0355. The highest BCUT2D eigenvalue weighted by atomic mass is 32.1. The van der Waals surface area contributed by atoms with Gasteiger partial charge in [-0.1, -0.05) is 12.1 Å². The van der Waals surface area contributed by atoms with Crippen LogP contribution in [0, 0.1) is 15.9 Å². The number of rotatable bonds is 6. The highest BCUT2D eigenvalue weighted by Gasteiger charge is 2.33. The molecule has 5 rings (SSSR count). The highest BCUT2D eigenvalue weighted by molar-refractivity contribution is 7.10. The molecule has 0 unspecified atom stereocenters. The van der Waals surface area contributed by atoms with Gasteiger partial charge in [-0.05, 0) is 60.2 Å². The number of halogens is 1. The van der Waals surface area contributed by atoms with E-state index in [1.807, 2.05) is 13.0 Å². The maximum atomic E-state index is 14.1. The Bertz CT molecular complexity index is 1340. The van der Waals surface area contributed by atoms with E-state index in [-0.39, 0.29) is 35.4 Å². The van der Waals surface area contributed by atoms with Crippen LogP contribution in [0.4, 0.5) is 10.1 Å². The smallest absolute Gasteiger partial charge is 0.269 e. The summed E-state index contributed by atoms with van der Waals surface area (Å²) in [6, 6.07) is 14.1. The molecule has 3 heterocycles. The predicted octanol–water partition coefficient (Wildman–Crippen LogP) is 4.51. The van der Waals surface area contributed by atoms with Gasteiger partial charge in [-0.25, -0.2) is 4.39 Å². The Hall–Kier alpha value is -3.63. The van der Waals surface area contributed by atoms with Crippen molar-refractivity contribution in [1.82, 2.24) is 14.7 Å². The molecule has 1 saturated heterocycles. The molecule has 1 fully saturated rings. The summed E-state index contributed by atoms with van der Waals surface area (Å²) in [5.41, 5.74) is 2.41. The van der Waals surface area contributed by atoms with Gasteiger partial charge < -0.3 is 9.80 Å². The number of benzene rings is 2. The van der Waals surface area contributed by atoms with Crippen LogP contribution in [0.3, 0.4) is 0 Å². The van der Waals surface area contributed by atoms with E-state index in [1.165, 1.54) is 40.8 Å². The molecule has 0 spiro atoms. The van der Waals surface area contributed by atoms with Gasteiger partial charge in [0.25, 0.3) is 11.6 Å². The van der Waals surface area contributed by atoms with Gasteiger partial charge in [0.2, 0.25) is 5.91 Å². The number of thiophene rings is 1. The van der Waals surface area contributed by atoms with Crippen LogP contribution in [0.15, 0.2) is 60.0 Å². The van der Waals surface area contributed by atoms with Crippen LogP contribution in [0.2, 0.25) is 0 Å². The monoisotopic (exact) mass is 536 g/mol. The number of non-ortho nitro benzene ring substituents is 1. The van der Waals surface area contributed by atoms with Crippen molar-refractivity contribution >= 4 is 28.8 Å². The molecule has 198 valence electrons. The molecule has 2 aliphatic heterocycles. The van der Waals surface area contributed by atoms with Gasteiger partial charge in [-0.3, -0.25) is 24.6 Å². The summed E-state index contributed by atoms with van der Waals surface area (Å²) in [5.74, 6) is -0.429. The zero-order valence-corrected chi connectivity index (χ0v) is 21.9. The summed E-state index contributed by atoms with van der Waals surface area (Å²) in [7, 11) is 0. The third kappa shape index (κ3) is 5.32. The van der Waals surface area contributed by atoms with E-state index in [9.17, 15) is 24.1 Å². The number of hydrogen-bond acceptors (Lipinski definition) is 6. The van der Waals surface area contributed by atoms with E-state index in [1.54, 1.807) is 33.3 Å². The topological polar surface area (TPSA) is 87.0 Å². The van der Waals surface area contributed by atoms with Crippen molar-refractivity contribution in [2.24, 2.45) is 0 Å². The Kier molecular flexibility index (Phi) is 7.53. The minimum Gasteiger partial charge on any atom is -0.339 e. The van der Waals surface area contributed by atoms with Crippen LogP contribution < -0.4 is 0 Å². The molecule has 2 amide bonds. The molecular weight excluding hydrogens is 507 g/mol. The largest absolute Gasteiger partial charge is 0.339 e. The van der Waals surface area contributed by atoms with Crippen LogP contribution >= 0.6 is 11.3 Å². The molecule has 0 aliphatic carbocycles. The van der Waals surface area contributed by atoms with Gasteiger partial charge in [0.05, 0.1) is 11.0 Å². The predicted molar refractivity (Wildman–Crippen MR) is 143 cm³/mol. The SMILES string of the molecule is C[C@@H]1CN(C(=O)CCN2CCc3sccc3[C@H]2c2cccc(F)c2)CCN1C(=O)c1ccc([N+](=O)[O-])cc1. The summed E-state index contributed by atoms with van der Waals surface area (Å²) in [6.07, 6.45) is 1.25. The van der Waals surface area contributed by atoms with Crippen molar-refractivity contribution in [1.29, 1.82) is 0 Å². The fraction of sp³-hybridized carbons (Fsp3) is 0.357. The maximum Gasteiger partial charge on any atom is 0.269 e. The van der Waals surface area contributed by atoms with Crippen LogP contribution in [0.1, 0.15) is 45.7 Å². The molecule has 8 nitrogen and oxygen atoms in total. The van der Waals surface area contributed by atoms with E-state index >= 15 is 0 Å². The number of fused-ring (bicyclic) bond motifs is 1. The third-order valence-corrected chi connectivity index (χ3v) is 8.41. The van der Waals surface area contributed by atoms with Gasteiger partial charge in [0.15, 0.2) is 0 Å². The quantitative estimate of drug-likeness (QED) is 0.342. The van der Waals surface area contributed by atoms with Crippen molar-refractivity contribution in [3.05, 3.63) is 97.5 Å². The first kappa shape index (κ1) is 26.0. The number of piperazine rings is 1. The van der Waals surface area contributed by atoms with Gasteiger partial charge in [0, 0.05) is 67.8 Å². The molecule has 0 bridgehead atoms. The second kappa shape index (κ2) is 11.0. The summed E-state index contributed by atoms with van der Waals surface area (Å²) >= 11 is 1.72. The molecule has 2 aromatic carbocycles. The Balaban J connectivity index is 1.21. The van der Waals surface area contributed by atoms with Crippen molar-refractivity contribution < 1.29 is 18.9 Å². The molecule has 1 aromatic heterocycles. The van der Waals surface area contributed by atoms with Crippen LogP contribution in [0.25, 0.3) is 0 Å². The standard InChI is InChI=1S/C28H29FN4O4S/c1-19-18-31(14-15-32(19)28(35)20-5-7-23(8-6-20)33(36)37)26(34)10-13-30-12-9-25-24(11-16-38-25)27(30)21-3-2-4-22(29)17-21/h2-8,11,16-17,19,27H,9-10,12-15,18H2,1H3/t19-,27-/m1/s1. The van der Waals surface area contributed by atoms with E-state index in [4.69, 9.17) is 0 Å². The lowest BCUT2D eigenvalue weighted by atomic mass is 9.93. The first-order chi connectivity index (χ1) is 18.3. The van der Waals surface area contributed by atoms with E-state index in [2.05, 4.69) is 16.3 Å². The van der Waals surface area contributed by atoms with E-state index in [0.717, 1.165) is 18.5 Å². The Labute approximate surface area is 224 Å². The molecule has 0 N–H and O–H groups in total.